The maximum atomic E-state index is 13.1. The lowest BCUT2D eigenvalue weighted by atomic mass is 9.89. The minimum absolute atomic E-state index is 0.0744. The molecule has 5 heteroatoms. The van der Waals surface area contributed by atoms with Gasteiger partial charge in [-0.25, -0.2) is 0 Å². The number of aryl methyl sites for hydroxylation is 1. The van der Waals surface area contributed by atoms with Crippen LogP contribution in [-0.2, 0) is 4.79 Å². The fourth-order valence-corrected chi connectivity index (χ4v) is 3.89. The zero-order chi connectivity index (χ0) is 16.5. The molecule has 0 unspecified atom stereocenters. The Morgan fingerprint density at radius 1 is 1.33 bits per heavy atom. The summed E-state index contributed by atoms with van der Waals surface area (Å²) in [6, 6.07) is 10.0. The van der Waals surface area contributed by atoms with Crippen molar-refractivity contribution in [2.45, 2.75) is 38.0 Å². The molecule has 1 amide bonds. The van der Waals surface area contributed by atoms with Crippen molar-refractivity contribution in [3.05, 3.63) is 47.3 Å². The number of rotatable bonds is 2. The van der Waals surface area contributed by atoms with Gasteiger partial charge in [-0.05, 0) is 38.3 Å². The van der Waals surface area contributed by atoms with E-state index >= 15 is 0 Å². The van der Waals surface area contributed by atoms with E-state index in [1.807, 2.05) is 36.1 Å². The van der Waals surface area contributed by atoms with Gasteiger partial charge in [0.05, 0.1) is 18.2 Å². The number of hydrogen-bond donors (Lipinski definition) is 1. The second-order valence-corrected chi connectivity index (χ2v) is 6.83. The number of piperidine rings is 1. The van der Waals surface area contributed by atoms with Gasteiger partial charge in [-0.2, -0.15) is 5.10 Å². The zero-order valence-corrected chi connectivity index (χ0v) is 14.0. The van der Waals surface area contributed by atoms with Crippen molar-refractivity contribution in [3.63, 3.8) is 0 Å². The summed E-state index contributed by atoms with van der Waals surface area (Å²) in [6.45, 7) is 4.24. The monoisotopic (exact) mass is 325 g/mol. The molecule has 0 bridgehead atoms. The molecule has 1 aromatic carbocycles. The molecular formula is C19H23N3O2. The molecule has 0 aliphatic carbocycles. The van der Waals surface area contributed by atoms with Crippen molar-refractivity contribution in [1.82, 2.24) is 15.1 Å². The number of benzene rings is 1. The molecule has 0 saturated carbocycles. The van der Waals surface area contributed by atoms with Crippen LogP contribution in [0.5, 0.6) is 5.75 Å². The highest BCUT2D eigenvalue weighted by atomic mass is 16.5. The predicted molar refractivity (Wildman–Crippen MR) is 91.2 cm³/mol. The highest BCUT2D eigenvalue weighted by Crippen LogP contribution is 2.36. The predicted octanol–water partition coefficient (Wildman–Crippen LogP) is 2.99. The van der Waals surface area contributed by atoms with Crippen molar-refractivity contribution in [2.24, 2.45) is 0 Å². The average Bonchev–Trinajstić information content (AvgIpc) is 3.07. The van der Waals surface area contributed by atoms with E-state index in [9.17, 15) is 4.79 Å². The summed E-state index contributed by atoms with van der Waals surface area (Å²) in [5, 5.41) is 7.42. The van der Waals surface area contributed by atoms with Gasteiger partial charge in [0.1, 0.15) is 5.75 Å². The Morgan fingerprint density at radius 3 is 3.04 bits per heavy atom. The number of amides is 1. The first-order valence-corrected chi connectivity index (χ1v) is 8.75. The second-order valence-electron chi connectivity index (χ2n) is 6.83. The van der Waals surface area contributed by atoms with Crippen LogP contribution >= 0.6 is 0 Å². The third-order valence-electron chi connectivity index (χ3n) is 5.13. The summed E-state index contributed by atoms with van der Waals surface area (Å²) in [4.78, 5) is 15.2. The first-order chi connectivity index (χ1) is 11.7. The van der Waals surface area contributed by atoms with Crippen LogP contribution in [0.3, 0.4) is 0 Å². The van der Waals surface area contributed by atoms with E-state index in [1.54, 1.807) is 0 Å². The summed E-state index contributed by atoms with van der Waals surface area (Å²) < 4.78 is 5.70. The summed E-state index contributed by atoms with van der Waals surface area (Å²) in [6.07, 6.45) is 2.89. The molecule has 3 heterocycles. The van der Waals surface area contributed by atoms with Crippen LogP contribution in [0, 0.1) is 6.92 Å². The van der Waals surface area contributed by atoms with Crippen LogP contribution in [0.1, 0.15) is 48.0 Å². The topological polar surface area (TPSA) is 58.2 Å². The SMILES string of the molecule is Cc1cc([C@H]2CCCN(C(=O)[C@H]3CCOc4ccccc43)C2)n[nH]1. The fourth-order valence-electron chi connectivity index (χ4n) is 3.89. The van der Waals surface area contributed by atoms with E-state index in [4.69, 9.17) is 4.74 Å². The first kappa shape index (κ1) is 15.2. The Kier molecular flexibility index (Phi) is 4.00. The molecule has 126 valence electrons. The van der Waals surface area contributed by atoms with E-state index in [2.05, 4.69) is 16.3 Å². The molecular weight excluding hydrogens is 302 g/mol. The van der Waals surface area contributed by atoms with Crippen LogP contribution in [0.15, 0.2) is 30.3 Å². The Morgan fingerprint density at radius 2 is 2.21 bits per heavy atom. The van der Waals surface area contributed by atoms with Gasteiger partial charge in [0.2, 0.25) is 5.91 Å². The Bertz CT molecular complexity index is 740. The number of hydrogen-bond acceptors (Lipinski definition) is 3. The number of para-hydroxylation sites is 1. The lowest BCUT2D eigenvalue weighted by molar-refractivity contribution is -0.134. The molecule has 2 aliphatic rings. The molecule has 2 aliphatic heterocycles. The van der Waals surface area contributed by atoms with Crippen LogP contribution in [0.2, 0.25) is 0 Å². The summed E-state index contributed by atoms with van der Waals surface area (Å²) in [7, 11) is 0. The highest BCUT2D eigenvalue weighted by Gasteiger charge is 2.34. The quantitative estimate of drug-likeness (QED) is 0.923. The largest absolute Gasteiger partial charge is 0.493 e. The van der Waals surface area contributed by atoms with Crippen molar-refractivity contribution in [1.29, 1.82) is 0 Å². The number of carbonyl (C=O) groups excluding carboxylic acids is 1. The van der Waals surface area contributed by atoms with E-state index in [0.29, 0.717) is 12.5 Å². The van der Waals surface area contributed by atoms with Gasteiger partial charge in [-0.1, -0.05) is 18.2 Å². The normalized spacial score (nSPS) is 23.5. The molecule has 24 heavy (non-hydrogen) atoms. The number of aromatic nitrogens is 2. The first-order valence-electron chi connectivity index (χ1n) is 8.75. The number of carbonyl (C=O) groups is 1. The van der Waals surface area contributed by atoms with Crippen LogP contribution in [-0.4, -0.2) is 40.7 Å². The molecule has 1 saturated heterocycles. The molecule has 1 N–H and O–H groups in total. The molecule has 4 rings (SSSR count). The van der Waals surface area contributed by atoms with Crippen molar-refractivity contribution < 1.29 is 9.53 Å². The summed E-state index contributed by atoms with van der Waals surface area (Å²) >= 11 is 0. The Balaban J connectivity index is 1.52. The average molecular weight is 325 g/mol. The summed E-state index contributed by atoms with van der Waals surface area (Å²) in [5.74, 6) is 1.36. The second kappa shape index (κ2) is 6.30. The minimum Gasteiger partial charge on any atom is -0.493 e. The number of nitrogens with one attached hydrogen (secondary N) is 1. The van der Waals surface area contributed by atoms with Crippen molar-refractivity contribution in [2.75, 3.05) is 19.7 Å². The van der Waals surface area contributed by atoms with Crippen molar-refractivity contribution >= 4 is 5.91 Å². The maximum absolute atomic E-state index is 13.1. The molecule has 1 aromatic heterocycles. The van der Waals surface area contributed by atoms with Gasteiger partial charge in [-0.3, -0.25) is 9.89 Å². The van der Waals surface area contributed by atoms with E-state index in [0.717, 1.165) is 55.1 Å². The van der Waals surface area contributed by atoms with Gasteiger partial charge < -0.3 is 9.64 Å². The van der Waals surface area contributed by atoms with Gasteiger partial charge in [-0.15, -0.1) is 0 Å². The number of H-pyrrole nitrogens is 1. The van der Waals surface area contributed by atoms with Crippen LogP contribution < -0.4 is 4.74 Å². The number of nitrogens with zero attached hydrogens (tertiary/aromatic N) is 2. The van der Waals surface area contributed by atoms with Gasteiger partial charge in [0, 0.05) is 30.3 Å². The van der Waals surface area contributed by atoms with Gasteiger partial charge in [0.15, 0.2) is 0 Å². The van der Waals surface area contributed by atoms with E-state index in [1.165, 1.54) is 0 Å². The molecule has 0 spiro atoms. The fraction of sp³-hybridized carbons (Fsp3) is 0.474. The molecule has 0 radical (unpaired) electrons. The van der Waals surface area contributed by atoms with Gasteiger partial charge in [0.25, 0.3) is 0 Å². The summed E-state index contributed by atoms with van der Waals surface area (Å²) in [5.41, 5.74) is 3.19. The van der Waals surface area contributed by atoms with E-state index in [-0.39, 0.29) is 11.8 Å². The maximum Gasteiger partial charge on any atom is 0.230 e. The number of likely N-dealkylation sites (tertiary alicyclic amines) is 1. The molecule has 2 aromatic rings. The standard InChI is InChI=1S/C19H23N3O2/c1-13-11-17(21-20-13)14-5-4-9-22(12-14)19(23)16-8-10-24-18-7-3-2-6-15(16)18/h2-3,6-7,11,14,16H,4-5,8-10,12H2,1H3,(H,20,21)/t14-,16-/m0/s1. The third kappa shape index (κ3) is 2.79. The number of ether oxygens (including phenoxy) is 1. The number of fused-ring (bicyclic) bond motifs is 1. The molecule has 1 fully saturated rings. The number of aromatic amines is 1. The third-order valence-corrected chi connectivity index (χ3v) is 5.13. The van der Waals surface area contributed by atoms with Crippen LogP contribution in [0.4, 0.5) is 0 Å². The Hall–Kier alpha value is -2.30. The van der Waals surface area contributed by atoms with Crippen molar-refractivity contribution in [3.8, 4) is 5.75 Å². The zero-order valence-electron chi connectivity index (χ0n) is 14.0. The lowest BCUT2D eigenvalue weighted by Crippen LogP contribution is -2.42. The highest BCUT2D eigenvalue weighted by molar-refractivity contribution is 5.85. The lowest BCUT2D eigenvalue weighted by Gasteiger charge is -2.36. The van der Waals surface area contributed by atoms with Gasteiger partial charge >= 0.3 is 0 Å². The smallest absolute Gasteiger partial charge is 0.230 e. The minimum atomic E-state index is -0.0744. The molecule has 2 atom stereocenters. The van der Waals surface area contributed by atoms with E-state index < -0.39 is 0 Å². The van der Waals surface area contributed by atoms with Crippen LogP contribution in [0.25, 0.3) is 0 Å². The molecule has 5 nitrogen and oxygen atoms in total. The Labute approximate surface area is 142 Å².